The van der Waals surface area contributed by atoms with Crippen LogP contribution in [0.1, 0.15) is 31.2 Å². The molecule has 1 rings (SSSR count). The Morgan fingerprint density at radius 2 is 2.11 bits per heavy atom. The molecule has 1 unspecified atom stereocenters. The maximum absolute atomic E-state index is 13.2. The van der Waals surface area contributed by atoms with Crippen LogP contribution in [-0.4, -0.2) is 33.5 Å². The van der Waals surface area contributed by atoms with Crippen molar-refractivity contribution in [3.8, 4) is 0 Å². The summed E-state index contributed by atoms with van der Waals surface area (Å²) in [4.78, 5) is 0. The van der Waals surface area contributed by atoms with E-state index in [1.54, 1.807) is 6.07 Å². The second kappa shape index (κ2) is 7.60. The fourth-order valence-electron chi connectivity index (χ4n) is 2.06. The van der Waals surface area contributed by atoms with Crippen molar-refractivity contribution in [3.05, 3.63) is 35.6 Å². The van der Waals surface area contributed by atoms with E-state index in [-0.39, 0.29) is 17.5 Å². The van der Waals surface area contributed by atoms with Crippen LogP contribution in [0.3, 0.4) is 0 Å². The Morgan fingerprint density at radius 1 is 1.37 bits per heavy atom. The quantitative estimate of drug-likeness (QED) is 0.798. The van der Waals surface area contributed by atoms with Gasteiger partial charge in [-0.05, 0) is 43.0 Å². The van der Waals surface area contributed by atoms with E-state index >= 15 is 0 Å². The minimum atomic E-state index is -2.93. The first kappa shape index (κ1) is 16.1. The summed E-state index contributed by atoms with van der Waals surface area (Å²) < 4.78 is 35.5. The first-order valence-electron chi connectivity index (χ1n) is 6.56. The van der Waals surface area contributed by atoms with Crippen molar-refractivity contribution in [1.29, 1.82) is 0 Å². The minimum absolute atomic E-state index is 0.150. The van der Waals surface area contributed by atoms with Gasteiger partial charge in [0.05, 0.1) is 0 Å². The highest BCUT2D eigenvalue weighted by atomic mass is 32.2. The van der Waals surface area contributed by atoms with Crippen molar-refractivity contribution in [3.63, 3.8) is 0 Å². The summed E-state index contributed by atoms with van der Waals surface area (Å²) in [5.74, 6) is 0.0878. The summed E-state index contributed by atoms with van der Waals surface area (Å²) in [5.41, 5.74) is 0.925. The van der Waals surface area contributed by atoms with Gasteiger partial charge < -0.3 is 5.32 Å². The van der Waals surface area contributed by atoms with Crippen molar-refractivity contribution in [1.82, 2.24) is 5.32 Å². The van der Waals surface area contributed by atoms with Gasteiger partial charge in [0, 0.05) is 18.6 Å². The molecule has 0 fully saturated rings. The van der Waals surface area contributed by atoms with E-state index in [2.05, 4.69) is 5.32 Å². The molecule has 0 aliphatic heterocycles. The molecule has 0 aromatic heterocycles. The van der Waals surface area contributed by atoms with Gasteiger partial charge in [-0.1, -0.05) is 19.1 Å². The highest BCUT2D eigenvalue weighted by Crippen LogP contribution is 2.21. The van der Waals surface area contributed by atoms with Crippen LogP contribution in [-0.2, 0) is 9.84 Å². The normalized spacial score (nSPS) is 13.4. The summed E-state index contributed by atoms with van der Waals surface area (Å²) in [6.45, 7) is 3.60. The van der Waals surface area contributed by atoms with Crippen molar-refractivity contribution in [2.24, 2.45) is 0 Å². The molecule has 0 aliphatic rings. The number of halogens is 1. The lowest BCUT2D eigenvalue weighted by molar-refractivity contribution is 0.544. The largest absolute Gasteiger partial charge is 0.316 e. The van der Waals surface area contributed by atoms with E-state index in [0.29, 0.717) is 6.42 Å². The van der Waals surface area contributed by atoms with Crippen molar-refractivity contribution >= 4 is 9.84 Å². The summed E-state index contributed by atoms with van der Waals surface area (Å²) in [5, 5.41) is 3.24. The molecule has 3 nitrogen and oxygen atoms in total. The Balaban J connectivity index is 2.66. The average molecular weight is 287 g/mol. The summed E-state index contributed by atoms with van der Waals surface area (Å²) in [6.07, 6.45) is 2.59. The molecule has 5 heteroatoms. The first-order valence-corrected chi connectivity index (χ1v) is 8.62. The summed E-state index contributed by atoms with van der Waals surface area (Å²) >= 11 is 0. The fraction of sp³-hybridized carbons (Fsp3) is 0.571. The second-order valence-electron chi connectivity index (χ2n) is 4.83. The van der Waals surface area contributed by atoms with E-state index < -0.39 is 9.84 Å². The lowest BCUT2D eigenvalue weighted by atomic mass is 9.94. The number of sulfone groups is 1. The van der Waals surface area contributed by atoms with Crippen LogP contribution in [0, 0.1) is 5.82 Å². The lowest BCUT2D eigenvalue weighted by Crippen LogP contribution is -2.22. The number of likely N-dealkylation sites (N-methyl/N-ethyl adjacent to an activating group) is 1. The number of benzene rings is 1. The zero-order valence-corrected chi connectivity index (χ0v) is 12.3. The molecule has 1 aromatic carbocycles. The van der Waals surface area contributed by atoms with Crippen LogP contribution < -0.4 is 5.32 Å². The molecule has 1 N–H and O–H groups in total. The zero-order chi connectivity index (χ0) is 14.3. The molecule has 0 amide bonds. The first-order chi connectivity index (χ1) is 8.92. The Bertz CT molecular complexity index is 488. The molecule has 1 atom stereocenters. The maximum Gasteiger partial charge on any atom is 0.147 e. The maximum atomic E-state index is 13.2. The van der Waals surface area contributed by atoms with Gasteiger partial charge in [-0.2, -0.15) is 0 Å². The highest BCUT2D eigenvalue weighted by molar-refractivity contribution is 7.90. The predicted molar refractivity (Wildman–Crippen MR) is 76.6 cm³/mol. The third kappa shape index (κ3) is 6.68. The summed E-state index contributed by atoms with van der Waals surface area (Å²) in [6, 6.07) is 6.54. The van der Waals surface area contributed by atoms with E-state index in [4.69, 9.17) is 0 Å². The highest BCUT2D eigenvalue weighted by Gasteiger charge is 2.13. The van der Waals surface area contributed by atoms with Crippen LogP contribution in [0.4, 0.5) is 4.39 Å². The topological polar surface area (TPSA) is 46.2 Å². The number of hydrogen-bond donors (Lipinski definition) is 1. The third-order valence-corrected chi connectivity index (χ3v) is 4.06. The van der Waals surface area contributed by atoms with E-state index in [1.807, 2.05) is 13.0 Å². The van der Waals surface area contributed by atoms with Gasteiger partial charge in [-0.3, -0.25) is 0 Å². The minimum Gasteiger partial charge on any atom is -0.316 e. The molecule has 0 spiro atoms. The molecular formula is C14H22FNO2S. The smallest absolute Gasteiger partial charge is 0.147 e. The molecule has 0 radical (unpaired) electrons. The predicted octanol–water partition coefficient (Wildman–Crippen LogP) is 2.34. The Kier molecular flexibility index (Phi) is 6.45. The van der Waals surface area contributed by atoms with Crippen molar-refractivity contribution in [2.75, 3.05) is 25.1 Å². The molecule has 0 bridgehead atoms. The van der Waals surface area contributed by atoms with Crippen molar-refractivity contribution in [2.45, 2.75) is 25.7 Å². The number of nitrogens with one attached hydrogen (secondary N) is 1. The molecule has 108 valence electrons. The standard InChI is InChI=1S/C14H22FNO2S/c1-3-16-11-13(7-5-9-19(2,17)18)12-6-4-8-14(15)10-12/h4,6,8,10,13,16H,3,5,7,9,11H2,1-2H3. The van der Waals surface area contributed by atoms with Gasteiger partial charge in [0.2, 0.25) is 0 Å². The van der Waals surface area contributed by atoms with Crippen LogP contribution in [0.25, 0.3) is 0 Å². The van der Waals surface area contributed by atoms with E-state index in [0.717, 1.165) is 25.1 Å². The van der Waals surface area contributed by atoms with Gasteiger partial charge in [-0.15, -0.1) is 0 Å². The van der Waals surface area contributed by atoms with Crippen LogP contribution in [0.5, 0.6) is 0 Å². The lowest BCUT2D eigenvalue weighted by Gasteiger charge is -2.17. The van der Waals surface area contributed by atoms with E-state index in [1.165, 1.54) is 18.4 Å². The zero-order valence-electron chi connectivity index (χ0n) is 11.5. The van der Waals surface area contributed by atoms with Gasteiger partial charge in [0.25, 0.3) is 0 Å². The molecule has 19 heavy (non-hydrogen) atoms. The van der Waals surface area contributed by atoms with Crippen LogP contribution >= 0.6 is 0 Å². The molecular weight excluding hydrogens is 265 g/mol. The molecule has 0 aliphatic carbocycles. The number of hydrogen-bond acceptors (Lipinski definition) is 3. The molecule has 0 saturated carbocycles. The van der Waals surface area contributed by atoms with Gasteiger partial charge in [-0.25, -0.2) is 12.8 Å². The Labute approximate surface area is 115 Å². The molecule has 1 aromatic rings. The molecule has 0 saturated heterocycles. The SMILES string of the molecule is CCNCC(CCCS(C)(=O)=O)c1cccc(F)c1. The average Bonchev–Trinajstić information content (AvgIpc) is 2.32. The van der Waals surface area contributed by atoms with E-state index in [9.17, 15) is 12.8 Å². The van der Waals surface area contributed by atoms with Crippen LogP contribution in [0.15, 0.2) is 24.3 Å². The summed E-state index contributed by atoms with van der Waals surface area (Å²) in [7, 11) is -2.93. The fourth-order valence-corrected chi connectivity index (χ4v) is 2.75. The van der Waals surface area contributed by atoms with Crippen LogP contribution in [0.2, 0.25) is 0 Å². The second-order valence-corrected chi connectivity index (χ2v) is 7.09. The Hall–Kier alpha value is -0.940. The van der Waals surface area contributed by atoms with Gasteiger partial charge >= 0.3 is 0 Å². The Morgan fingerprint density at radius 3 is 2.68 bits per heavy atom. The third-order valence-electron chi connectivity index (χ3n) is 3.03. The van der Waals surface area contributed by atoms with Gasteiger partial charge in [0.15, 0.2) is 0 Å². The monoisotopic (exact) mass is 287 g/mol. The van der Waals surface area contributed by atoms with Crippen molar-refractivity contribution < 1.29 is 12.8 Å². The molecule has 0 heterocycles. The van der Waals surface area contributed by atoms with Gasteiger partial charge in [0.1, 0.15) is 15.7 Å². The number of rotatable bonds is 8.